The molecule has 1 aliphatic heterocycles. The molecule has 5 rings (SSSR count). The van der Waals surface area contributed by atoms with Gasteiger partial charge in [0.15, 0.2) is 5.65 Å². The minimum atomic E-state index is -0.614. The normalized spacial score (nSPS) is 14.5. The molecule has 2 aromatic carbocycles. The second kappa shape index (κ2) is 12.4. The van der Waals surface area contributed by atoms with Crippen LogP contribution in [0.3, 0.4) is 0 Å². The fourth-order valence-electron chi connectivity index (χ4n) is 4.85. The van der Waals surface area contributed by atoms with Crippen molar-refractivity contribution in [1.29, 1.82) is 0 Å². The van der Waals surface area contributed by atoms with Crippen LogP contribution in [-0.4, -0.2) is 67.1 Å². The molecule has 10 heteroatoms. The second-order valence-electron chi connectivity index (χ2n) is 10.5. The number of ether oxygens (including phenoxy) is 2. The van der Waals surface area contributed by atoms with Crippen LogP contribution < -0.4 is 20.3 Å². The summed E-state index contributed by atoms with van der Waals surface area (Å²) in [5.74, 6) is 1.87. The number of anilines is 2. The van der Waals surface area contributed by atoms with E-state index < -0.39 is 6.04 Å². The first-order valence-electron chi connectivity index (χ1n) is 13.7. The number of nitroso groups, excluding NO2 is 1. The summed E-state index contributed by atoms with van der Waals surface area (Å²) in [6.07, 6.45) is 1.92. The maximum atomic E-state index is 11.1. The maximum Gasteiger partial charge on any atom is 0.161 e. The molecule has 10 nitrogen and oxygen atoms in total. The van der Waals surface area contributed by atoms with Gasteiger partial charge in [0.25, 0.3) is 0 Å². The Kier molecular flexibility index (Phi) is 8.57. The molecule has 4 aromatic rings. The first-order valence-corrected chi connectivity index (χ1v) is 13.7. The monoisotopic (exact) mass is 543 g/mol. The molecule has 1 fully saturated rings. The van der Waals surface area contributed by atoms with Crippen LogP contribution in [-0.2, 0) is 11.3 Å². The van der Waals surface area contributed by atoms with Crippen molar-refractivity contribution < 1.29 is 9.47 Å². The minimum absolute atomic E-state index is 0.108. The third-order valence-corrected chi connectivity index (χ3v) is 7.19. The zero-order valence-corrected chi connectivity index (χ0v) is 23.4. The largest absolute Gasteiger partial charge is 0.491 e. The lowest BCUT2D eigenvalue weighted by Gasteiger charge is -2.29. The molecule has 1 atom stereocenters. The Hall–Kier alpha value is -4.02. The van der Waals surface area contributed by atoms with Gasteiger partial charge in [0.1, 0.15) is 24.2 Å². The van der Waals surface area contributed by atoms with Crippen molar-refractivity contribution in [2.24, 2.45) is 10.9 Å². The Bertz CT molecular complexity index is 1430. The molecule has 2 N–H and O–H groups in total. The Morgan fingerprint density at radius 1 is 1.12 bits per heavy atom. The fraction of sp³-hybridized carbons (Fsp3) is 0.400. The van der Waals surface area contributed by atoms with Gasteiger partial charge in [0.2, 0.25) is 0 Å². The molecule has 0 bridgehead atoms. The van der Waals surface area contributed by atoms with Crippen LogP contribution in [0, 0.1) is 4.91 Å². The summed E-state index contributed by atoms with van der Waals surface area (Å²) in [4.78, 5) is 20.7. The van der Waals surface area contributed by atoms with E-state index in [4.69, 9.17) is 25.3 Å². The highest BCUT2D eigenvalue weighted by Crippen LogP contribution is 2.34. The molecular weight excluding hydrogens is 506 g/mol. The average Bonchev–Trinajstić information content (AvgIpc) is 3.42. The number of rotatable bonds is 11. The first kappa shape index (κ1) is 27.5. The summed E-state index contributed by atoms with van der Waals surface area (Å²) in [5, 5.41) is 7.80. The molecule has 2 aromatic heterocycles. The van der Waals surface area contributed by atoms with Crippen LogP contribution in [0.1, 0.15) is 30.9 Å². The van der Waals surface area contributed by atoms with Crippen molar-refractivity contribution in [3.8, 4) is 17.0 Å². The summed E-state index contributed by atoms with van der Waals surface area (Å²) in [6.45, 7) is 8.16. The molecule has 1 unspecified atom stereocenters. The van der Waals surface area contributed by atoms with Crippen molar-refractivity contribution in [2.45, 2.75) is 32.4 Å². The maximum absolute atomic E-state index is 11.1. The molecule has 210 valence electrons. The van der Waals surface area contributed by atoms with Gasteiger partial charge in [-0.1, -0.05) is 49.4 Å². The molecule has 1 aliphatic rings. The summed E-state index contributed by atoms with van der Waals surface area (Å²) in [6, 6.07) is 17.9. The van der Waals surface area contributed by atoms with Crippen molar-refractivity contribution in [3.63, 3.8) is 0 Å². The van der Waals surface area contributed by atoms with Gasteiger partial charge < -0.3 is 25.0 Å². The molecule has 0 radical (unpaired) electrons. The van der Waals surface area contributed by atoms with Crippen molar-refractivity contribution >= 4 is 17.2 Å². The molecule has 0 spiro atoms. The van der Waals surface area contributed by atoms with E-state index in [1.165, 1.54) is 5.56 Å². The van der Waals surface area contributed by atoms with Gasteiger partial charge >= 0.3 is 0 Å². The number of hydrogen-bond acceptors (Lipinski definition) is 9. The van der Waals surface area contributed by atoms with Crippen LogP contribution in [0.2, 0.25) is 0 Å². The lowest BCUT2D eigenvalue weighted by molar-refractivity contribution is 0.122. The van der Waals surface area contributed by atoms with Crippen LogP contribution >= 0.6 is 0 Å². The third-order valence-electron chi connectivity index (χ3n) is 7.19. The number of fused-ring (bicyclic) bond motifs is 1. The highest BCUT2D eigenvalue weighted by Gasteiger charge is 2.21. The Morgan fingerprint density at radius 3 is 2.60 bits per heavy atom. The lowest BCUT2D eigenvalue weighted by atomic mass is 10.1. The topological polar surface area (TPSA) is 111 Å². The number of aromatic nitrogens is 3. The van der Waals surface area contributed by atoms with Gasteiger partial charge in [-0.05, 0) is 23.6 Å². The lowest BCUT2D eigenvalue weighted by Crippen LogP contribution is -2.37. The molecule has 0 saturated carbocycles. The van der Waals surface area contributed by atoms with E-state index in [1.807, 2.05) is 41.0 Å². The van der Waals surface area contributed by atoms with Gasteiger partial charge in [-0.2, -0.15) is 14.5 Å². The average molecular weight is 544 g/mol. The predicted molar refractivity (Wildman–Crippen MR) is 158 cm³/mol. The SMILES string of the molecule is CC(C)c1cnn2c(N3CCOCC3)cc(-c3cc(OCC(CN)N=O)cc(N(C)Cc4ccccc4)c3)nc12. The third kappa shape index (κ3) is 6.08. The molecule has 40 heavy (non-hydrogen) atoms. The summed E-state index contributed by atoms with van der Waals surface area (Å²) in [7, 11) is 2.05. The molecule has 0 aliphatic carbocycles. The molecular formula is C30H37N7O3. The zero-order valence-electron chi connectivity index (χ0n) is 23.4. The summed E-state index contributed by atoms with van der Waals surface area (Å²) < 4.78 is 13.6. The quantitative estimate of drug-likeness (QED) is 0.276. The number of benzene rings is 2. The van der Waals surface area contributed by atoms with Crippen LogP contribution in [0.5, 0.6) is 5.75 Å². The Balaban J connectivity index is 1.60. The van der Waals surface area contributed by atoms with Crippen LogP contribution in [0.4, 0.5) is 11.5 Å². The van der Waals surface area contributed by atoms with E-state index in [-0.39, 0.29) is 19.1 Å². The predicted octanol–water partition coefficient (Wildman–Crippen LogP) is 4.47. The Morgan fingerprint density at radius 2 is 1.90 bits per heavy atom. The smallest absolute Gasteiger partial charge is 0.161 e. The van der Waals surface area contributed by atoms with E-state index in [1.54, 1.807) is 0 Å². The van der Waals surface area contributed by atoms with Crippen molar-refractivity contribution in [3.05, 3.63) is 76.8 Å². The minimum Gasteiger partial charge on any atom is -0.491 e. The summed E-state index contributed by atoms with van der Waals surface area (Å²) >= 11 is 0. The van der Waals surface area contributed by atoms with Gasteiger partial charge in [0.05, 0.1) is 25.1 Å². The number of nitrogens with two attached hydrogens (primary N) is 1. The fourth-order valence-corrected chi connectivity index (χ4v) is 4.85. The van der Waals surface area contributed by atoms with E-state index in [2.05, 4.69) is 60.1 Å². The second-order valence-corrected chi connectivity index (χ2v) is 10.5. The van der Waals surface area contributed by atoms with Gasteiger partial charge in [-0.15, -0.1) is 0 Å². The number of nitrogens with zero attached hydrogens (tertiary/aromatic N) is 6. The highest BCUT2D eigenvalue weighted by molar-refractivity contribution is 5.73. The first-order chi connectivity index (χ1) is 19.5. The van der Waals surface area contributed by atoms with E-state index in [9.17, 15) is 4.91 Å². The summed E-state index contributed by atoms with van der Waals surface area (Å²) in [5.41, 5.74) is 11.5. The van der Waals surface area contributed by atoms with Crippen LogP contribution in [0.25, 0.3) is 16.9 Å². The van der Waals surface area contributed by atoms with Gasteiger partial charge in [-0.25, -0.2) is 4.98 Å². The van der Waals surface area contributed by atoms with E-state index in [0.29, 0.717) is 19.0 Å². The number of morpholine rings is 1. The van der Waals surface area contributed by atoms with Crippen molar-refractivity contribution in [1.82, 2.24) is 14.6 Å². The molecule has 3 heterocycles. The Labute approximate surface area is 234 Å². The van der Waals surface area contributed by atoms with Gasteiger partial charge in [0, 0.05) is 62.2 Å². The van der Waals surface area contributed by atoms with Crippen LogP contribution in [0.15, 0.2) is 66.0 Å². The zero-order chi connectivity index (χ0) is 28.1. The molecule has 1 saturated heterocycles. The van der Waals surface area contributed by atoms with Crippen molar-refractivity contribution in [2.75, 3.05) is 56.3 Å². The standard InChI is InChI=1S/C30H37N7O3/c1-21(2)27-18-32-37-29(36-9-11-39-12-10-36)16-28(33-30(27)37)23-13-25(35(3)19-22-7-5-4-6-8-22)15-26(14-23)40-20-24(17-31)34-38/h4-8,13-16,18,21,24H,9-12,17,19-20,31H2,1-3H3. The van der Waals surface area contributed by atoms with E-state index >= 15 is 0 Å². The molecule has 0 amide bonds. The van der Waals surface area contributed by atoms with E-state index in [0.717, 1.165) is 53.6 Å². The highest BCUT2D eigenvalue weighted by atomic mass is 16.5. The van der Waals surface area contributed by atoms with Gasteiger partial charge in [-0.3, -0.25) is 0 Å². The number of hydrogen-bond donors (Lipinski definition) is 1.